The number of benzene rings is 1. The molecule has 2 heterocycles. The van der Waals surface area contributed by atoms with Gasteiger partial charge in [-0.25, -0.2) is 8.78 Å². The van der Waals surface area contributed by atoms with Gasteiger partial charge in [-0.15, -0.1) is 0 Å². The normalized spacial score (nSPS) is 18.5. The van der Waals surface area contributed by atoms with Crippen LogP contribution >= 0.6 is 0 Å². The van der Waals surface area contributed by atoms with Gasteiger partial charge in [-0.05, 0) is 18.6 Å². The number of rotatable bonds is 2. The molecule has 1 aliphatic heterocycles. The second-order valence-corrected chi connectivity index (χ2v) is 4.64. The molecule has 1 aromatic carbocycles. The van der Waals surface area contributed by atoms with Crippen LogP contribution in [0, 0.1) is 11.6 Å². The van der Waals surface area contributed by atoms with Gasteiger partial charge in [0, 0.05) is 13.1 Å². The van der Waals surface area contributed by atoms with Gasteiger partial charge in [-0.2, -0.15) is 15.0 Å². The highest BCUT2D eigenvalue weighted by Gasteiger charge is 2.31. The van der Waals surface area contributed by atoms with E-state index in [1.165, 1.54) is 15.8 Å². The molecule has 0 spiro atoms. The number of halogens is 2. The maximum Gasteiger partial charge on any atom is 0.259 e. The molecular formula is C13H12F2N4O. The lowest BCUT2D eigenvalue weighted by Gasteiger charge is -2.17. The van der Waals surface area contributed by atoms with Crippen molar-refractivity contribution in [2.45, 2.75) is 12.5 Å². The number of hydrogen-bond acceptors (Lipinski definition) is 3. The third-order valence-electron chi connectivity index (χ3n) is 3.39. The van der Waals surface area contributed by atoms with Gasteiger partial charge in [-0.3, -0.25) is 4.79 Å². The Bertz CT molecular complexity index is 609. The Morgan fingerprint density at radius 3 is 2.50 bits per heavy atom. The van der Waals surface area contributed by atoms with Gasteiger partial charge in [0.1, 0.15) is 17.2 Å². The summed E-state index contributed by atoms with van der Waals surface area (Å²) in [6.07, 6.45) is 3.78. The summed E-state index contributed by atoms with van der Waals surface area (Å²) in [7, 11) is 0. The second kappa shape index (κ2) is 4.99. The summed E-state index contributed by atoms with van der Waals surface area (Å²) in [5.74, 6) is -2.30. The number of carbonyl (C=O) groups excluding carboxylic acids is 1. The molecule has 1 aliphatic rings. The molecule has 2 aromatic rings. The maximum absolute atomic E-state index is 13.6. The minimum atomic E-state index is -0.837. The second-order valence-electron chi connectivity index (χ2n) is 4.64. The first kappa shape index (κ1) is 12.7. The average molecular weight is 278 g/mol. The summed E-state index contributed by atoms with van der Waals surface area (Å²) in [6.45, 7) is 0.778. The van der Waals surface area contributed by atoms with Crippen molar-refractivity contribution in [2.75, 3.05) is 13.1 Å². The monoisotopic (exact) mass is 278 g/mol. The largest absolute Gasteiger partial charge is 0.336 e. The zero-order chi connectivity index (χ0) is 14.1. The van der Waals surface area contributed by atoms with E-state index < -0.39 is 23.1 Å². The van der Waals surface area contributed by atoms with E-state index in [9.17, 15) is 13.6 Å². The summed E-state index contributed by atoms with van der Waals surface area (Å²) in [4.78, 5) is 15.1. The molecule has 1 atom stereocenters. The third-order valence-corrected chi connectivity index (χ3v) is 3.39. The molecule has 0 aliphatic carbocycles. The number of carbonyl (C=O) groups is 1. The van der Waals surface area contributed by atoms with E-state index in [4.69, 9.17) is 0 Å². The summed E-state index contributed by atoms with van der Waals surface area (Å²) < 4.78 is 27.2. The van der Waals surface area contributed by atoms with Crippen molar-refractivity contribution < 1.29 is 13.6 Å². The Labute approximate surface area is 113 Å². The fourth-order valence-electron chi connectivity index (χ4n) is 2.39. The SMILES string of the molecule is O=C(c1c(F)cccc1F)N1CCC(n2nccn2)C1. The van der Waals surface area contributed by atoms with Crippen LogP contribution in [0.1, 0.15) is 22.8 Å². The molecule has 5 nitrogen and oxygen atoms in total. The Morgan fingerprint density at radius 2 is 1.85 bits per heavy atom. The van der Waals surface area contributed by atoms with Crippen molar-refractivity contribution in [3.8, 4) is 0 Å². The van der Waals surface area contributed by atoms with E-state index in [1.54, 1.807) is 12.4 Å². The lowest BCUT2D eigenvalue weighted by atomic mass is 10.1. The zero-order valence-corrected chi connectivity index (χ0v) is 10.5. The number of amides is 1. The molecule has 1 unspecified atom stereocenters. The summed E-state index contributed by atoms with van der Waals surface area (Å²) in [5.41, 5.74) is -0.499. The van der Waals surface area contributed by atoms with E-state index in [2.05, 4.69) is 10.2 Å². The van der Waals surface area contributed by atoms with Gasteiger partial charge >= 0.3 is 0 Å². The van der Waals surface area contributed by atoms with E-state index >= 15 is 0 Å². The Hall–Kier alpha value is -2.31. The van der Waals surface area contributed by atoms with E-state index in [1.807, 2.05) is 0 Å². The van der Waals surface area contributed by atoms with Crippen molar-refractivity contribution in [1.29, 1.82) is 0 Å². The summed E-state index contributed by atoms with van der Waals surface area (Å²) in [6, 6.07) is 3.35. The highest BCUT2D eigenvalue weighted by atomic mass is 19.1. The van der Waals surface area contributed by atoms with Crippen LogP contribution in [0.15, 0.2) is 30.6 Å². The summed E-state index contributed by atoms with van der Waals surface area (Å²) >= 11 is 0. The molecule has 1 fully saturated rings. The number of aromatic nitrogens is 3. The van der Waals surface area contributed by atoms with Crippen LogP contribution in [-0.4, -0.2) is 38.9 Å². The van der Waals surface area contributed by atoms with Gasteiger partial charge in [-0.1, -0.05) is 6.07 Å². The number of likely N-dealkylation sites (tertiary alicyclic amines) is 1. The molecular weight excluding hydrogens is 266 g/mol. The van der Waals surface area contributed by atoms with E-state index in [-0.39, 0.29) is 6.04 Å². The molecule has 104 valence electrons. The van der Waals surface area contributed by atoms with Gasteiger partial charge in [0.15, 0.2) is 0 Å². The fraction of sp³-hybridized carbons (Fsp3) is 0.308. The van der Waals surface area contributed by atoms with Crippen LogP contribution in [0.4, 0.5) is 8.78 Å². The molecule has 0 radical (unpaired) electrons. The highest BCUT2D eigenvalue weighted by Crippen LogP contribution is 2.23. The van der Waals surface area contributed by atoms with Crippen LogP contribution < -0.4 is 0 Å². The topological polar surface area (TPSA) is 51.0 Å². The smallest absolute Gasteiger partial charge is 0.259 e. The first-order valence-corrected chi connectivity index (χ1v) is 6.26. The zero-order valence-electron chi connectivity index (χ0n) is 10.5. The quantitative estimate of drug-likeness (QED) is 0.839. The fourth-order valence-corrected chi connectivity index (χ4v) is 2.39. The summed E-state index contributed by atoms with van der Waals surface area (Å²) in [5, 5.41) is 8.04. The molecule has 0 saturated carbocycles. The molecule has 1 aromatic heterocycles. The van der Waals surface area contributed by atoms with Crippen molar-refractivity contribution in [3.63, 3.8) is 0 Å². The average Bonchev–Trinajstić information content (AvgIpc) is 3.09. The van der Waals surface area contributed by atoms with Crippen molar-refractivity contribution in [2.24, 2.45) is 0 Å². The van der Waals surface area contributed by atoms with Crippen LogP contribution in [0.2, 0.25) is 0 Å². The minimum Gasteiger partial charge on any atom is -0.336 e. The Balaban J connectivity index is 1.79. The molecule has 7 heteroatoms. The van der Waals surface area contributed by atoms with E-state index in [0.29, 0.717) is 19.5 Å². The van der Waals surface area contributed by atoms with Gasteiger partial charge in [0.2, 0.25) is 0 Å². The standard InChI is InChI=1S/C13H12F2N4O/c14-10-2-1-3-11(15)12(10)13(20)18-7-4-9(8-18)19-16-5-6-17-19/h1-3,5-6,9H,4,7-8H2. The predicted molar refractivity (Wildman–Crippen MR) is 65.9 cm³/mol. The van der Waals surface area contributed by atoms with E-state index in [0.717, 1.165) is 12.1 Å². The van der Waals surface area contributed by atoms with Crippen LogP contribution in [0.25, 0.3) is 0 Å². The van der Waals surface area contributed by atoms with Crippen LogP contribution in [0.3, 0.4) is 0 Å². The first-order chi connectivity index (χ1) is 9.66. The molecule has 0 bridgehead atoms. The Kier molecular flexibility index (Phi) is 3.17. The molecule has 20 heavy (non-hydrogen) atoms. The van der Waals surface area contributed by atoms with Gasteiger partial charge in [0.05, 0.1) is 18.4 Å². The lowest BCUT2D eigenvalue weighted by molar-refractivity contribution is 0.0776. The van der Waals surface area contributed by atoms with Crippen molar-refractivity contribution in [3.05, 3.63) is 47.8 Å². The molecule has 1 saturated heterocycles. The lowest BCUT2D eigenvalue weighted by Crippen LogP contribution is -2.30. The number of nitrogens with zero attached hydrogens (tertiary/aromatic N) is 4. The van der Waals surface area contributed by atoms with Crippen molar-refractivity contribution in [1.82, 2.24) is 19.9 Å². The van der Waals surface area contributed by atoms with Crippen LogP contribution in [0.5, 0.6) is 0 Å². The predicted octanol–water partition coefficient (Wildman–Crippen LogP) is 1.64. The van der Waals surface area contributed by atoms with Gasteiger partial charge in [0.25, 0.3) is 5.91 Å². The minimum absolute atomic E-state index is 0.0521. The number of hydrogen-bond donors (Lipinski definition) is 0. The molecule has 3 rings (SSSR count). The maximum atomic E-state index is 13.6. The highest BCUT2D eigenvalue weighted by molar-refractivity contribution is 5.95. The molecule has 1 amide bonds. The van der Waals surface area contributed by atoms with Crippen molar-refractivity contribution >= 4 is 5.91 Å². The Morgan fingerprint density at radius 1 is 1.20 bits per heavy atom. The molecule has 0 N–H and O–H groups in total. The third kappa shape index (κ3) is 2.15. The van der Waals surface area contributed by atoms with Crippen LogP contribution in [-0.2, 0) is 0 Å². The van der Waals surface area contributed by atoms with Gasteiger partial charge < -0.3 is 4.90 Å². The first-order valence-electron chi connectivity index (χ1n) is 6.26.